The zero-order chi connectivity index (χ0) is 16.9. The molecule has 1 heterocycles. The average molecular weight is 346 g/mol. The van der Waals surface area contributed by atoms with Gasteiger partial charge in [-0.15, -0.1) is 0 Å². The molecule has 0 saturated carbocycles. The molecular weight excluding hydrogens is 330 g/mol. The number of benzene rings is 2. The van der Waals surface area contributed by atoms with Crippen LogP contribution in [0.3, 0.4) is 0 Å². The third-order valence-corrected chi connectivity index (χ3v) is 3.66. The number of halogens is 1. The van der Waals surface area contributed by atoms with Crippen LogP contribution in [-0.4, -0.2) is 25.0 Å². The quantitative estimate of drug-likeness (QED) is 0.645. The van der Waals surface area contributed by atoms with E-state index in [0.717, 1.165) is 11.3 Å². The first-order chi connectivity index (χ1) is 11.6. The minimum Gasteiger partial charge on any atom is -0.454 e. The maximum atomic E-state index is 12.0. The predicted octanol–water partition coefficient (Wildman–Crippen LogP) is 3.02. The summed E-state index contributed by atoms with van der Waals surface area (Å²) in [6.07, 6.45) is 1.55. The van der Waals surface area contributed by atoms with Crippen LogP contribution >= 0.6 is 11.6 Å². The van der Waals surface area contributed by atoms with E-state index in [4.69, 9.17) is 21.1 Å². The van der Waals surface area contributed by atoms with E-state index in [1.165, 1.54) is 0 Å². The molecule has 2 aromatic rings. The fourth-order valence-corrected chi connectivity index (χ4v) is 2.25. The second kappa shape index (κ2) is 7.23. The van der Waals surface area contributed by atoms with Crippen LogP contribution in [0, 0.1) is 0 Å². The zero-order valence-corrected chi connectivity index (χ0v) is 13.7. The summed E-state index contributed by atoms with van der Waals surface area (Å²) in [6.45, 7) is 1.97. The summed E-state index contributed by atoms with van der Waals surface area (Å²) in [4.78, 5) is 12.0. The van der Waals surface area contributed by atoms with Crippen LogP contribution in [0.1, 0.15) is 12.5 Å². The molecule has 0 bridgehead atoms. The molecule has 0 fully saturated rings. The Morgan fingerprint density at radius 3 is 2.75 bits per heavy atom. The summed E-state index contributed by atoms with van der Waals surface area (Å²) < 4.78 is 10.5. The molecular formula is C17H16ClN3O3. The molecule has 7 heteroatoms. The van der Waals surface area contributed by atoms with Crippen LogP contribution in [0.5, 0.6) is 11.5 Å². The largest absolute Gasteiger partial charge is 0.454 e. The molecule has 3 rings (SSSR count). The summed E-state index contributed by atoms with van der Waals surface area (Å²) in [7, 11) is 0. The Morgan fingerprint density at radius 2 is 1.96 bits per heavy atom. The highest BCUT2D eigenvalue weighted by Gasteiger charge is 2.13. The van der Waals surface area contributed by atoms with Crippen molar-refractivity contribution in [3.05, 3.63) is 53.1 Å². The van der Waals surface area contributed by atoms with Crippen LogP contribution < -0.4 is 20.2 Å². The van der Waals surface area contributed by atoms with Crippen molar-refractivity contribution < 1.29 is 14.3 Å². The van der Waals surface area contributed by atoms with E-state index in [0.29, 0.717) is 16.5 Å². The van der Waals surface area contributed by atoms with Gasteiger partial charge in [-0.25, -0.2) is 5.43 Å². The van der Waals surface area contributed by atoms with Crippen molar-refractivity contribution >= 4 is 29.4 Å². The molecule has 124 valence electrons. The number of carbonyl (C=O) groups is 1. The van der Waals surface area contributed by atoms with Gasteiger partial charge in [0.15, 0.2) is 11.5 Å². The van der Waals surface area contributed by atoms with Gasteiger partial charge in [0.2, 0.25) is 6.79 Å². The Balaban J connectivity index is 1.53. The number of hydrazone groups is 1. The number of ether oxygens (including phenoxy) is 2. The van der Waals surface area contributed by atoms with Crippen LogP contribution in [0.15, 0.2) is 47.6 Å². The second-order valence-corrected chi connectivity index (χ2v) is 5.66. The first-order valence-corrected chi connectivity index (χ1v) is 7.74. The molecule has 1 aliphatic heterocycles. The molecule has 6 nitrogen and oxygen atoms in total. The molecule has 24 heavy (non-hydrogen) atoms. The van der Waals surface area contributed by atoms with Gasteiger partial charge in [-0.05, 0) is 55.0 Å². The topological polar surface area (TPSA) is 72.0 Å². The van der Waals surface area contributed by atoms with Crippen molar-refractivity contribution in [2.45, 2.75) is 13.0 Å². The Labute approximate surface area is 144 Å². The molecule has 0 aliphatic carbocycles. The van der Waals surface area contributed by atoms with Crippen molar-refractivity contribution in [3.63, 3.8) is 0 Å². The minimum absolute atomic E-state index is 0.223. The second-order valence-electron chi connectivity index (χ2n) is 5.22. The highest BCUT2D eigenvalue weighted by molar-refractivity contribution is 6.30. The van der Waals surface area contributed by atoms with Gasteiger partial charge >= 0.3 is 0 Å². The number of fused-ring (bicyclic) bond motifs is 1. The standard InChI is InChI=1S/C17H16ClN3O3/c1-11(20-14-5-3-13(18)4-6-14)17(22)21-19-9-12-2-7-15-16(8-12)24-10-23-15/h2-9,11,20H,10H2,1H3,(H,21,22). The first kappa shape index (κ1) is 16.1. The number of amides is 1. The third-order valence-electron chi connectivity index (χ3n) is 3.41. The monoisotopic (exact) mass is 345 g/mol. The van der Waals surface area contributed by atoms with Crippen LogP contribution in [0.4, 0.5) is 5.69 Å². The van der Waals surface area contributed by atoms with E-state index in [1.54, 1.807) is 37.4 Å². The predicted molar refractivity (Wildman–Crippen MR) is 92.8 cm³/mol. The van der Waals surface area contributed by atoms with Gasteiger partial charge in [0, 0.05) is 10.7 Å². The maximum Gasteiger partial charge on any atom is 0.262 e. The Hall–Kier alpha value is -2.73. The number of rotatable bonds is 5. The van der Waals surface area contributed by atoms with E-state index in [9.17, 15) is 4.79 Å². The van der Waals surface area contributed by atoms with E-state index >= 15 is 0 Å². The van der Waals surface area contributed by atoms with Crippen molar-refractivity contribution in [1.29, 1.82) is 0 Å². The lowest BCUT2D eigenvalue weighted by atomic mass is 10.2. The van der Waals surface area contributed by atoms with Gasteiger partial charge in [-0.3, -0.25) is 4.79 Å². The van der Waals surface area contributed by atoms with Crippen molar-refractivity contribution in [2.75, 3.05) is 12.1 Å². The Bertz CT molecular complexity index is 762. The molecule has 1 aliphatic rings. The van der Waals surface area contributed by atoms with E-state index < -0.39 is 6.04 Å². The summed E-state index contributed by atoms with van der Waals surface area (Å²) in [5, 5.41) is 7.68. The van der Waals surface area contributed by atoms with E-state index in [1.807, 2.05) is 18.2 Å². The highest BCUT2D eigenvalue weighted by Crippen LogP contribution is 2.31. The zero-order valence-electron chi connectivity index (χ0n) is 13.0. The van der Waals surface area contributed by atoms with Gasteiger partial charge in [0.1, 0.15) is 6.04 Å². The van der Waals surface area contributed by atoms with Crippen molar-refractivity contribution in [1.82, 2.24) is 5.43 Å². The number of nitrogens with zero attached hydrogens (tertiary/aromatic N) is 1. The number of carbonyl (C=O) groups excluding carboxylic acids is 1. The fraction of sp³-hybridized carbons (Fsp3) is 0.176. The summed E-state index contributed by atoms with van der Waals surface area (Å²) in [5.74, 6) is 1.13. The third kappa shape index (κ3) is 3.97. The van der Waals surface area contributed by atoms with Crippen LogP contribution in [0.25, 0.3) is 0 Å². The number of hydrogen-bond acceptors (Lipinski definition) is 5. The average Bonchev–Trinajstić information content (AvgIpc) is 3.04. The highest BCUT2D eigenvalue weighted by atomic mass is 35.5. The molecule has 0 spiro atoms. The molecule has 0 radical (unpaired) electrons. The summed E-state index contributed by atoms with van der Waals surface area (Å²) in [6, 6.07) is 12.1. The molecule has 1 atom stereocenters. The SMILES string of the molecule is CC(Nc1ccc(Cl)cc1)C(=O)NN=Cc1ccc2c(c1)OCO2. The summed E-state index contributed by atoms with van der Waals surface area (Å²) in [5.41, 5.74) is 4.11. The van der Waals surface area contributed by atoms with Crippen LogP contribution in [-0.2, 0) is 4.79 Å². The number of anilines is 1. The van der Waals surface area contributed by atoms with Gasteiger partial charge in [0.05, 0.1) is 6.21 Å². The lowest BCUT2D eigenvalue weighted by Gasteiger charge is -2.13. The summed E-state index contributed by atoms with van der Waals surface area (Å²) >= 11 is 5.83. The molecule has 0 aromatic heterocycles. The van der Waals surface area contributed by atoms with Gasteiger partial charge in [-0.1, -0.05) is 11.6 Å². The van der Waals surface area contributed by atoms with Gasteiger partial charge < -0.3 is 14.8 Å². The van der Waals surface area contributed by atoms with Gasteiger partial charge in [0.25, 0.3) is 5.91 Å². The van der Waals surface area contributed by atoms with Crippen molar-refractivity contribution in [3.8, 4) is 11.5 Å². The van der Waals surface area contributed by atoms with Gasteiger partial charge in [-0.2, -0.15) is 5.10 Å². The number of hydrogen-bond donors (Lipinski definition) is 2. The molecule has 2 aromatic carbocycles. The van der Waals surface area contributed by atoms with Crippen molar-refractivity contribution in [2.24, 2.45) is 5.10 Å². The van der Waals surface area contributed by atoms with Crippen LogP contribution in [0.2, 0.25) is 5.02 Å². The molecule has 0 saturated heterocycles. The normalized spacial score (nSPS) is 13.8. The fourth-order valence-electron chi connectivity index (χ4n) is 2.12. The first-order valence-electron chi connectivity index (χ1n) is 7.36. The van der Waals surface area contributed by atoms with E-state index in [-0.39, 0.29) is 12.7 Å². The smallest absolute Gasteiger partial charge is 0.262 e. The minimum atomic E-state index is -0.444. The Morgan fingerprint density at radius 1 is 1.21 bits per heavy atom. The number of nitrogens with one attached hydrogen (secondary N) is 2. The Kier molecular flexibility index (Phi) is 4.86. The molecule has 1 amide bonds. The maximum absolute atomic E-state index is 12.0. The molecule has 1 unspecified atom stereocenters. The van der Waals surface area contributed by atoms with E-state index in [2.05, 4.69) is 15.8 Å². The lowest BCUT2D eigenvalue weighted by Crippen LogP contribution is -2.34. The lowest BCUT2D eigenvalue weighted by molar-refractivity contribution is -0.121. The molecule has 2 N–H and O–H groups in total.